The highest BCUT2D eigenvalue weighted by atomic mass is 32.2. The molecule has 3 aromatic rings. The van der Waals surface area contributed by atoms with Gasteiger partial charge in [-0.15, -0.1) is 0 Å². The molecule has 1 saturated heterocycles. The zero-order valence-corrected chi connectivity index (χ0v) is 14.4. The summed E-state index contributed by atoms with van der Waals surface area (Å²) in [5.74, 6) is 0. The van der Waals surface area contributed by atoms with E-state index >= 15 is 0 Å². The molecular formula is C15H15N7O3S. The van der Waals surface area contributed by atoms with Crippen LogP contribution in [0.4, 0.5) is 5.69 Å². The van der Waals surface area contributed by atoms with Gasteiger partial charge in [0.1, 0.15) is 16.5 Å². The van der Waals surface area contributed by atoms with Gasteiger partial charge in [0.25, 0.3) is 10.0 Å². The second-order valence-electron chi connectivity index (χ2n) is 5.92. The third-order valence-corrected chi connectivity index (χ3v) is 5.40. The number of sulfonamides is 1. The van der Waals surface area contributed by atoms with Gasteiger partial charge in [-0.1, -0.05) is 0 Å². The Morgan fingerprint density at radius 3 is 2.96 bits per heavy atom. The zero-order chi connectivity index (χ0) is 18.1. The van der Waals surface area contributed by atoms with Gasteiger partial charge < -0.3 is 4.74 Å². The fourth-order valence-corrected chi connectivity index (χ4v) is 3.77. The van der Waals surface area contributed by atoms with Gasteiger partial charge in [-0.25, -0.2) is 17.9 Å². The largest absolute Gasteiger partial charge is 0.376 e. The van der Waals surface area contributed by atoms with Crippen LogP contribution in [0, 0.1) is 11.3 Å². The Morgan fingerprint density at radius 2 is 2.19 bits per heavy atom. The lowest BCUT2D eigenvalue weighted by Crippen LogP contribution is -2.15. The Morgan fingerprint density at radius 1 is 1.31 bits per heavy atom. The van der Waals surface area contributed by atoms with E-state index in [4.69, 9.17) is 10.00 Å². The highest BCUT2D eigenvalue weighted by molar-refractivity contribution is 7.92. The van der Waals surface area contributed by atoms with Crippen molar-refractivity contribution >= 4 is 21.4 Å². The third-order valence-electron chi connectivity index (χ3n) is 4.06. The Kier molecular flexibility index (Phi) is 4.06. The summed E-state index contributed by atoms with van der Waals surface area (Å²) in [6, 6.07) is 1.95. The molecule has 1 N–H and O–H groups in total. The Balaban J connectivity index is 1.53. The number of rotatable bonds is 5. The smallest absolute Gasteiger partial charge is 0.265 e. The Labute approximate surface area is 149 Å². The minimum Gasteiger partial charge on any atom is -0.376 e. The standard InChI is InChI=1S/C15H15N7O3S/c16-4-11-5-19-22-10-14(7-17-15(11)22)26(23,24)20-12-6-18-21(8-12)9-13-2-1-3-25-13/h5-8,10,13,20H,1-3,9H2. The van der Waals surface area contributed by atoms with Crippen molar-refractivity contribution < 1.29 is 13.2 Å². The van der Waals surface area contributed by atoms with Gasteiger partial charge in [0.2, 0.25) is 0 Å². The lowest BCUT2D eigenvalue weighted by Gasteiger charge is -2.08. The number of hydrogen-bond donors (Lipinski definition) is 1. The molecule has 0 aromatic carbocycles. The number of anilines is 1. The van der Waals surface area contributed by atoms with Crippen molar-refractivity contribution in [2.75, 3.05) is 11.3 Å². The van der Waals surface area contributed by atoms with E-state index in [1.54, 1.807) is 10.9 Å². The van der Waals surface area contributed by atoms with Crippen LogP contribution in [0.3, 0.4) is 0 Å². The summed E-state index contributed by atoms with van der Waals surface area (Å²) in [4.78, 5) is 3.95. The van der Waals surface area contributed by atoms with E-state index in [-0.39, 0.29) is 16.6 Å². The highest BCUT2D eigenvalue weighted by Gasteiger charge is 2.19. The Bertz CT molecular complexity index is 1090. The molecule has 26 heavy (non-hydrogen) atoms. The molecule has 3 aromatic heterocycles. The summed E-state index contributed by atoms with van der Waals surface area (Å²) in [6.45, 7) is 1.33. The molecule has 1 aliphatic rings. The van der Waals surface area contributed by atoms with Gasteiger partial charge in [0.15, 0.2) is 5.65 Å². The van der Waals surface area contributed by atoms with E-state index in [2.05, 4.69) is 19.9 Å². The van der Waals surface area contributed by atoms with Gasteiger partial charge >= 0.3 is 0 Å². The van der Waals surface area contributed by atoms with E-state index in [1.165, 1.54) is 29.3 Å². The number of aromatic nitrogens is 5. The second kappa shape index (κ2) is 6.40. The number of ether oxygens (including phenoxy) is 1. The highest BCUT2D eigenvalue weighted by Crippen LogP contribution is 2.18. The molecule has 4 rings (SSSR count). The fourth-order valence-electron chi connectivity index (χ4n) is 2.80. The zero-order valence-electron chi connectivity index (χ0n) is 13.6. The summed E-state index contributed by atoms with van der Waals surface area (Å²) in [5, 5.41) is 17.1. The van der Waals surface area contributed by atoms with Crippen LogP contribution in [0.5, 0.6) is 0 Å². The van der Waals surface area contributed by atoms with Crippen LogP contribution < -0.4 is 4.72 Å². The molecule has 0 amide bonds. The van der Waals surface area contributed by atoms with Crippen molar-refractivity contribution in [3.05, 3.63) is 36.5 Å². The third kappa shape index (κ3) is 3.12. The molecule has 0 aliphatic carbocycles. The van der Waals surface area contributed by atoms with Gasteiger partial charge in [0, 0.05) is 12.8 Å². The van der Waals surface area contributed by atoms with Crippen LogP contribution >= 0.6 is 0 Å². The first-order valence-electron chi connectivity index (χ1n) is 7.95. The van der Waals surface area contributed by atoms with E-state index in [0.29, 0.717) is 17.9 Å². The molecule has 1 atom stereocenters. The maximum absolute atomic E-state index is 12.6. The second-order valence-corrected chi connectivity index (χ2v) is 7.60. The molecule has 0 spiro atoms. The molecule has 1 fully saturated rings. The summed E-state index contributed by atoms with van der Waals surface area (Å²) in [6.07, 6.45) is 9.01. The number of nitrogens with one attached hydrogen (secondary N) is 1. The number of nitriles is 1. The average molecular weight is 373 g/mol. The van der Waals surface area contributed by atoms with Gasteiger partial charge in [0.05, 0.1) is 43.1 Å². The predicted molar refractivity (Wildman–Crippen MR) is 89.7 cm³/mol. The molecule has 1 aliphatic heterocycles. The van der Waals surface area contributed by atoms with Gasteiger partial charge in [-0.3, -0.25) is 9.40 Å². The summed E-state index contributed by atoms with van der Waals surface area (Å²) < 4.78 is 36.0. The number of hydrogen-bond acceptors (Lipinski definition) is 7. The van der Waals surface area contributed by atoms with Crippen LogP contribution in [-0.2, 0) is 21.3 Å². The van der Waals surface area contributed by atoms with E-state index < -0.39 is 10.0 Å². The van der Waals surface area contributed by atoms with Crippen molar-refractivity contribution in [1.82, 2.24) is 24.4 Å². The molecule has 4 heterocycles. The Hall–Kier alpha value is -2.97. The lowest BCUT2D eigenvalue weighted by atomic mass is 10.2. The minimum atomic E-state index is -3.86. The summed E-state index contributed by atoms with van der Waals surface area (Å²) in [7, 11) is -3.86. The molecule has 1 unspecified atom stereocenters. The first kappa shape index (κ1) is 16.5. The van der Waals surface area contributed by atoms with Crippen molar-refractivity contribution in [1.29, 1.82) is 5.26 Å². The van der Waals surface area contributed by atoms with Gasteiger partial charge in [-0.2, -0.15) is 15.5 Å². The van der Waals surface area contributed by atoms with Crippen LogP contribution in [0.15, 0.2) is 35.9 Å². The van der Waals surface area contributed by atoms with Crippen molar-refractivity contribution in [2.24, 2.45) is 0 Å². The van der Waals surface area contributed by atoms with Crippen LogP contribution in [0.2, 0.25) is 0 Å². The lowest BCUT2D eigenvalue weighted by molar-refractivity contribution is 0.0940. The first-order valence-corrected chi connectivity index (χ1v) is 9.44. The number of nitrogens with zero attached hydrogens (tertiary/aromatic N) is 6. The van der Waals surface area contributed by atoms with E-state index in [0.717, 1.165) is 19.4 Å². The molecule has 0 radical (unpaired) electrons. The molecular weight excluding hydrogens is 358 g/mol. The van der Waals surface area contributed by atoms with Crippen molar-refractivity contribution in [3.63, 3.8) is 0 Å². The monoisotopic (exact) mass is 373 g/mol. The van der Waals surface area contributed by atoms with Crippen molar-refractivity contribution in [2.45, 2.75) is 30.4 Å². The number of fused-ring (bicyclic) bond motifs is 1. The molecule has 11 heteroatoms. The van der Waals surface area contributed by atoms with Crippen LogP contribution in [-0.4, -0.2) is 45.5 Å². The maximum Gasteiger partial charge on any atom is 0.265 e. The van der Waals surface area contributed by atoms with Gasteiger partial charge in [-0.05, 0) is 12.8 Å². The first-order chi connectivity index (χ1) is 12.5. The average Bonchev–Trinajstić information content (AvgIpc) is 3.35. The van der Waals surface area contributed by atoms with Crippen LogP contribution in [0.1, 0.15) is 18.4 Å². The van der Waals surface area contributed by atoms with Crippen molar-refractivity contribution in [3.8, 4) is 6.07 Å². The molecule has 10 nitrogen and oxygen atoms in total. The minimum absolute atomic E-state index is 0.0653. The van der Waals surface area contributed by atoms with E-state index in [1.807, 2.05) is 6.07 Å². The quantitative estimate of drug-likeness (QED) is 0.700. The van der Waals surface area contributed by atoms with E-state index in [9.17, 15) is 8.42 Å². The molecule has 0 bridgehead atoms. The maximum atomic E-state index is 12.6. The topological polar surface area (TPSA) is 127 Å². The normalized spacial score (nSPS) is 17.4. The summed E-state index contributed by atoms with van der Waals surface area (Å²) in [5.41, 5.74) is 0.925. The molecule has 134 valence electrons. The summed E-state index contributed by atoms with van der Waals surface area (Å²) >= 11 is 0. The molecule has 0 saturated carbocycles. The predicted octanol–water partition coefficient (Wildman–Crippen LogP) is 0.777. The van der Waals surface area contributed by atoms with Crippen LogP contribution in [0.25, 0.3) is 5.65 Å². The fraction of sp³-hybridized carbons (Fsp3) is 0.333. The SMILES string of the molecule is N#Cc1cnn2cc(S(=O)(=O)Nc3cnn(CC4CCCO4)c3)cnc12.